The number of hydrogen-bond acceptors (Lipinski definition) is 5. The summed E-state index contributed by atoms with van der Waals surface area (Å²) in [6.07, 6.45) is -4.83. The van der Waals surface area contributed by atoms with Crippen LogP contribution in [0.4, 0.5) is 19.0 Å². The quantitative estimate of drug-likeness (QED) is 0.643. The number of methoxy groups -OCH3 is 1. The zero-order chi connectivity index (χ0) is 19.8. The van der Waals surface area contributed by atoms with Crippen LogP contribution in [0.3, 0.4) is 0 Å². The predicted octanol–water partition coefficient (Wildman–Crippen LogP) is 2.05. The highest BCUT2D eigenvalue weighted by molar-refractivity contribution is 6.07. The van der Waals surface area contributed by atoms with Gasteiger partial charge in [0.25, 0.3) is 5.56 Å². The number of hydrogen-bond donors (Lipinski definition) is 4. The molecule has 1 heterocycles. The van der Waals surface area contributed by atoms with Crippen molar-refractivity contribution in [2.75, 3.05) is 12.8 Å². The second kappa shape index (κ2) is 6.43. The number of nitrogens with one attached hydrogen (secondary N) is 1. The lowest BCUT2D eigenvalue weighted by atomic mass is 9.94. The van der Waals surface area contributed by atoms with E-state index in [9.17, 15) is 37.8 Å². The number of halogens is 3. The molecule has 0 aliphatic heterocycles. The maximum absolute atomic E-state index is 13.1. The van der Waals surface area contributed by atoms with Crippen LogP contribution >= 0.6 is 0 Å². The number of rotatable bonds is 4. The molecule has 2 rings (SSSR count). The number of anilines is 1. The van der Waals surface area contributed by atoms with Gasteiger partial charge in [0.2, 0.25) is 0 Å². The van der Waals surface area contributed by atoms with Crippen molar-refractivity contribution in [3.8, 4) is 16.9 Å². The van der Waals surface area contributed by atoms with E-state index in [0.29, 0.717) is 12.1 Å². The molecule has 0 spiro atoms. The highest BCUT2D eigenvalue weighted by Gasteiger charge is 2.33. The maximum atomic E-state index is 13.1. The lowest BCUT2D eigenvalue weighted by molar-refractivity contribution is -0.137. The van der Waals surface area contributed by atoms with Gasteiger partial charge < -0.3 is 25.7 Å². The van der Waals surface area contributed by atoms with E-state index in [1.807, 2.05) is 4.98 Å². The minimum atomic E-state index is -4.83. The van der Waals surface area contributed by atoms with E-state index in [1.165, 1.54) is 0 Å². The normalized spacial score (nSPS) is 11.2. The number of carboxylic acids is 2. The van der Waals surface area contributed by atoms with Crippen molar-refractivity contribution in [3.05, 3.63) is 45.2 Å². The molecule has 0 saturated heterocycles. The molecule has 0 radical (unpaired) electrons. The first-order chi connectivity index (χ1) is 12.0. The molecular weight excluding hydrogens is 361 g/mol. The summed E-state index contributed by atoms with van der Waals surface area (Å²) in [6, 6.07) is 2.12. The summed E-state index contributed by atoms with van der Waals surface area (Å²) in [4.78, 5) is 36.7. The number of aromatic amines is 1. The average molecular weight is 372 g/mol. The molecule has 0 aliphatic carbocycles. The molecule has 1 aromatic heterocycles. The Morgan fingerprint density at radius 3 is 2.15 bits per heavy atom. The summed E-state index contributed by atoms with van der Waals surface area (Å²) >= 11 is 0. The van der Waals surface area contributed by atoms with E-state index in [4.69, 9.17) is 10.5 Å². The minimum Gasteiger partial charge on any atom is -0.497 e. The number of alkyl halides is 3. The third-order valence-electron chi connectivity index (χ3n) is 3.43. The number of aromatic carboxylic acids is 2. The average Bonchev–Trinajstić information content (AvgIpc) is 2.51. The monoisotopic (exact) mass is 372 g/mol. The van der Waals surface area contributed by atoms with Gasteiger partial charge in [0, 0.05) is 5.56 Å². The van der Waals surface area contributed by atoms with Crippen LogP contribution in [0.15, 0.2) is 23.0 Å². The van der Waals surface area contributed by atoms with Crippen LogP contribution in [-0.4, -0.2) is 34.2 Å². The van der Waals surface area contributed by atoms with Gasteiger partial charge in [-0.1, -0.05) is 0 Å². The van der Waals surface area contributed by atoms with Gasteiger partial charge in [-0.25, -0.2) is 9.59 Å². The first kappa shape index (κ1) is 18.8. The highest BCUT2D eigenvalue weighted by atomic mass is 19.4. The molecule has 0 amide bonds. The molecule has 0 unspecified atom stereocenters. The molecular formula is C15H11F3N2O6. The Kier molecular flexibility index (Phi) is 4.65. The van der Waals surface area contributed by atoms with E-state index in [0.717, 1.165) is 13.2 Å². The first-order valence-corrected chi connectivity index (χ1v) is 6.76. The fourth-order valence-electron chi connectivity index (χ4n) is 2.36. The zero-order valence-corrected chi connectivity index (χ0v) is 13.0. The lowest BCUT2D eigenvalue weighted by Gasteiger charge is -2.15. The largest absolute Gasteiger partial charge is 0.497 e. The van der Waals surface area contributed by atoms with Crippen LogP contribution in [0.5, 0.6) is 5.75 Å². The standard InChI is InChI=1S/C15H11F3N2O6/c1-26-7-3-5(2-6(4-7)15(16,17)18)8-9(13(22)23)11(19)20-12(21)10(8)14(24)25/h2-4H,1H3,(H,22,23)(H,24,25)(H3,19,20,21). The molecule has 0 saturated carbocycles. The van der Waals surface area contributed by atoms with Crippen molar-refractivity contribution in [3.63, 3.8) is 0 Å². The molecule has 1 aromatic carbocycles. The summed E-state index contributed by atoms with van der Waals surface area (Å²) in [5.74, 6) is -4.58. The fourth-order valence-corrected chi connectivity index (χ4v) is 2.36. The summed E-state index contributed by atoms with van der Waals surface area (Å²) in [6.45, 7) is 0. The minimum absolute atomic E-state index is 0.318. The van der Waals surface area contributed by atoms with E-state index in [2.05, 4.69) is 0 Å². The number of aromatic nitrogens is 1. The lowest BCUT2D eigenvalue weighted by Crippen LogP contribution is -2.24. The summed E-state index contributed by atoms with van der Waals surface area (Å²) in [7, 11) is 1.07. The van der Waals surface area contributed by atoms with Crippen LogP contribution in [0.2, 0.25) is 0 Å². The molecule has 0 fully saturated rings. The molecule has 8 nitrogen and oxygen atoms in total. The number of benzene rings is 1. The molecule has 0 aliphatic rings. The Morgan fingerprint density at radius 1 is 1.12 bits per heavy atom. The Bertz CT molecular complexity index is 965. The first-order valence-electron chi connectivity index (χ1n) is 6.76. The number of H-pyrrole nitrogens is 1. The highest BCUT2D eigenvalue weighted by Crippen LogP contribution is 2.38. The van der Waals surface area contributed by atoms with Gasteiger partial charge >= 0.3 is 18.1 Å². The van der Waals surface area contributed by atoms with Crippen LogP contribution < -0.4 is 16.0 Å². The van der Waals surface area contributed by atoms with Crippen LogP contribution in [0.25, 0.3) is 11.1 Å². The van der Waals surface area contributed by atoms with Crippen molar-refractivity contribution >= 4 is 17.8 Å². The summed E-state index contributed by atoms with van der Waals surface area (Å²) < 4.78 is 44.0. The van der Waals surface area contributed by atoms with Crippen molar-refractivity contribution in [2.45, 2.75) is 6.18 Å². The van der Waals surface area contributed by atoms with E-state index in [1.54, 1.807) is 0 Å². The van der Waals surface area contributed by atoms with Crippen molar-refractivity contribution in [1.82, 2.24) is 4.98 Å². The Morgan fingerprint density at radius 2 is 1.69 bits per heavy atom. The van der Waals surface area contributed by atoms with E-state index >= 15 is 0 Å². The Labute approximate surface area is 142 Å². The smallest absolute Gasteiger partial charge is 0.416 e. The van der Waals surface area contributed by atoms with Gasteiger partial charge in [-0.3, -0.25) is 4.79 Å². The van der Waals surface area contributed by atoms with Gasteiger partial charge in [-0.05, 0) is 23.8 Å². The van der Waals surface area contributed by atoms with Crippen LogP contribution in [0, 0.1) is 0 Å². The number of carboxylic acid groups (broad SMARTS) is 2. The summed E-state index contributed by atoms with van der Waals surface area (Å²) in [5, 5.41) is 18.6. The van der Waals surface area contributed by atoms with Gasteiger partial charge in [0.15, 0.2) is 0 Å². The molecule has 11 heteroatoms. The van der Waals surface area contributed by atoms with Gasteiger partial charge in [-0.15, -0.1) is 0 Å². The zero-order valence-electron chi connectivity index (χ0n) is 13.0. The number of carbonyl (C=O) groups is 2. The third-order valence-corrected chi connectivity index (χ3v) is 3.43. The number of pyridine rings is 1. The van der Waals surface area contributed by atoms with Gasteiger partial charge in [-0.2, -0.15) is 13.2 Å². The van der Waals surface area contributed by atoms with Gasteiger partial charge in [0.1, 0.15) is 22.7 Å². The molecule has 138 valence electrons. The molecule has 0 atom stereocenters. The number of nitrogen functional groups attached to an aromatic ring is 1. The van der Waals surface area contributed by atoms with Crippen molar-refractivity contribution in [2.24, 2.45) is 0 Å². The Hall–Kier alpha value is -3.50. The Balaban J connectivity index is 3.02. The third kappa shape index (κ3) is 3.31. The topological polar surface area (TPSA) is 143 Å². The second-order valence-electron chi connectivity index (χ2n) is 5.05. The summed E-state index contributed by atoms with van der Waals surface area (Å²) in [5.41, 5.74) is -0.192. The number of ether oxygens (including phenoxy) is 1. The van der Waals surface area contributed by atoms with Crippen LogP contribution in [0.1, 0.15) is 26.3 Å². The van der Waals surface area contributed by atoms with Crippen molar-refractivity contribution in [1.29, 1.82) is 0 Å². The predicted molar refractivity (Wildman–Crippen MR) is 82.4 cm³/mol. The van der Waals surface area contributed by atoms with Crippen LogP contribution in [-0.2, 0) is 6.18 Å². The van der Waals surface area contributed by atoms with E-state index < -0.39 is 57.3 Å². The SMILES string of the molecule is COc1cc(-c2c(C(=O)O)c(N)[nH]c(=O)c2C(=O)O)cc(C(F)(F)F)c1. The molecule has 2 aromatic rings. The fraction of sp³-hybridized carbons (Fsp3) is 0.133. The maximum Gasteiger partial charge on any atom is 0.416 e. The molecule has 26 heavy (non-hydrogen) atoms. The second-order valence-corrected chi connectivity index (χ2v) is 5.05. The van der Waals surface area contributed by atoms with Gasteiger partial charge in [0.05, 0.1) is 12.7 Å². The molecule has 5 N–H and O–H groups in total. The molecule has 0 bridgehead atoms. The number of nitrogens with two attached hydrogens (primary N) is 1. The van der Waals surface area contributed by atoms with E-state index in [-0.39, 0.29) is 5.75 Å². The van der Waals surface area contributed by atoms with Crippen molar-refractivity contribution < 1.29 is 37.7 Å².